The molecule has 1 N–H and O–H groups in total. The molecule has 2 rings (SSSR count). The van der Waals surface area contributed by atoms with Crippen molar-refractivity contribution in [2.75, 3.05) is 26.3 Å². The molecule has 1 heterocycles. The molecule has 23 heavy (non-hydrogen) atoms. The molecule has 5 heteroatoms. The number of nitrogens with one attached hydrogen (secondary N) is 1. The third-order valence-corrected chi connectivity index (χ3v) is 4.36. The first-order valence-corrected chi connectivity index (χ1v) is 8.17. The molecule has 1 amide bonds. The van der Waals surface area contributed by atoms with Crippen molar-refractivity contribution >= 4 is 5.91 Å². The number of morpholine rings is 1. The molecule has 1 saturated heterocycles. The number of amides is 1. The Morgan fingerprint density at radius 1 is 1.35 bits per heavy atom. The van der Waals surface area contributed by atoms with E-state index in [4.69, 9.17) is 4.74 Å². The summed E-state index contributed by atoms with van der Waals surface area (Å²) in [7, 11) is 0. The number of carbonyl (C=O) groups excluding carboxylic acids is 1. The predicted octanol–water partition coefficient (Wildman–Crippen LogP) is 2.75. The number of halogens is 1. The maximum absolute atomic E-state index is 13.1. The van der Waals surface area contributed by atoms with E-state index < -0.39 is 0 Å². The van der Waals surface area contributed by atoms with E-state index in [1.807, 2.05) is 13.8 Å². The summed E-state index contributed by atoms with van der Waals surface area (Å²) in [5.74, 6) is -0.0530. The van der Waals surface area contributed by atoms with Crippen LogP contribution in [0.25, 0.3) is 0 Å². The summed E-state index contributed by atoms with van der Waals surface area (Å²) >= 11 is 0. The predicted molar refractivity (Wildman–Crippen MR) is 88.6 cm³/mol. The van der Waals surface area contributed by atoms with E-state index in [9.17, 15) is 9.18 Å². The second kappa shape index (κ2) is 7.41. The lowest BCUT2D eigenvalue weighted by Crippen LogP contribution is -2.56. The number of benzene rings is 1. The van der Waals surface area contributed by atoms with Crippen LogP contribution in [0.2, 0.25) is 0 Å². The lowest BCUT2D eigenvalue weighted by molar-refractivity contribution is -0.128. The Balaban J connectivity index is 2.02. The highest BCUT2D eigenvalue weighted by molar-refractivity contribution is 5.78. The Labute approximate surface area is 138 Å². The standard InChI is InChI=1S/C18H27FN2O2/c1-13(2)17(14-5-7-15(19)8-6-14)20-16(22)11-21-9-10-23-12-18(21,3)4/h5-8,13,17H,9-12H2,1-4H3,(H,20,22). The van der Waals surface area contributed by atoms with Gasteiger partial charge < -0.3 is 10.1 Å². The number of nitrogens with zero attached hydrogens (tertiary/aromatic N) is 1. The van der Waals surface area contributed by atoms with E-state index in [2.05, 4.69) is 24.1 Å². The van der Waals surface area contributed by atoms with E-state index in [0.29, 0.717) is 19.8 Å². The molecule has 0 bridgehead atoms. The van der Waals surface area contributed by atoms with Gasteiger partial charge in [0.25, 0.3) is 0 Å². The first kappa shape index (κ1) is 17.9. The van der Waals surface area contributed by atoms with Gasteiger partial charge in [0.2, 0.25) is 5.91 Å². The maximum atomic E-state index is 13.1. The van der Waals surface area contributed by atoms with Crippen molar-refractivity contribution < 1.29 is 13.9 Å². The second-order valence-electron chi connectivity index (χ2n) is 7.13. The first-order chi connectivity index (χ1) is 10.8. The molecule has 1 aliphatic heterocycles. The van der Waals surface area contributed by atoms with Crippen molar-refractivity contribution in [3.05, 3.63) is 35.6 Å². The van der Waals surface area contributed by atoms with Crippen LogP contribution in [0.4, 0.5) is 4.39 Å². The van der Waals surface area contributed by atoms with E-state index in [-0.39, 0.29) is 29.2 Å². The number of ether oxygens (including phenoxy) is 1. The van der Waals surface area contributed by atoms with Gasteiger partial charge in [0, 0.05) is 12.1 Å². The van der Waals surface area contributed by atoms with Gasteiger partial charge in [0.1, 0.15) is 5.82 Å². The second-order valence-corrected chi connectivity index (χ2v) is 7.13. The fourth-order valence-corrected chi connectivity index (χ4v) is 2.88. The smallest absolute Gasteiger partial charge is 0.234 e. The third-order valence-electron chi connectivity index (χ3n) is 4.36. The molecule has 0 aliphatic carbocycles. The number of rotatable bonds is 5. The minimum Gasteiger partial charge on any atom is -0.378 e. The van der Waals surface area contributed by atoms with Crippen molar-refractivity contribution in [3.63, 3.8) is 0 Å². The molecule has 1 aliphatic rings. The van der Waals surface area contributed by atoms with E-state index in [0.717, 1.165) is 12.1 Å². The van der Waals surface area contributed by atoms with Gasteiger partial charge in [0.05, 0.1) is 25.8 Å². The zero-order valence-corrected chi connectivity index (χ0v) is 14.4. The van der Waals surface area contributed by atoms with E-state index in [1.165, 1.54) is 12.1 Å². The molecule has 1 aromatic carbocycles. The summed E-state index contributed by atoms with van der Waals surface area (Å²) < 4.78 is 18.6. The van der Waals surface area contributed by atoms with Crippen LogP contribution in [-0.2, 0) is 9.53 Å². The lowest BCUT2D eigenvalue weighted by Gasteiger charge is -2.41. The van der Waals surface area contributed by atoms with Crippen LogP contribution in [-0.4, -0.2) is 42.6 Å². The molecule has 0 radical (unpaired) electrons. The molecule has 0 spiro atoms. The van der Waals surface area contributed by atoms with Gasteiger partial charge in [-0.2, -0.15) is 0 Å². The third kappa shape index (κ3) is 4.75. The summed E-state index contributed by atoms with van der Waals surface area (Å²) in [4.78, 5) is 14.6. The van der Waals surface area contributed by atoms with Crippen LogP contribution in [0.3, 0.4) is 0 Å². The summed E-state index contributed by atoms with van der Waals surface area (Å²) in [5.41, 5.74) is 0.787. The summed E-state index contributed by atoms with van der Waals surface area (Å²) in [6.07, 6.45) is 0. The van der Waals surface area contributed by atoms with Gasteiger partial charge >= 0.3 is 0 Å². The molecule has 4 nitrogen and oxygen atoms in total. The highest BCUT2D eigenvalue weighted by Crippen LogP contribution is 2.23. The van der Waals surface area contributed by atoms with Crippen LogP contribution >= 0.6 is 0 Å². The fraction of sp³-hybridized carbons (Fsp3) is 0.611. The number of hydrogen-bond acceptors (Lipinski definition) is 3. The number of hydrogen-bond donors (Lipinski definition) is 1. The molecular weight excluding hydrogens is 295 g/mol. The minimum absolute atomic E-state index is 0.0111. The molecule has 1 atom stereocenters. The molecular formula is C18H27FN2O2. The molecule has 0 saturated carbocycles. The Hall–Kier alpha value is -1.46. The van der Waals surface area contributed by atoms with Crippen LogP contribution < -0.4 is 5.32 Å². The summed E-state index contributed by atoms with van der Waals surface area (Å²) in [6.45, 7) is 10.6. The van der Waals surface area contributed by atoms with Gasteiger partial charge in [-0.3, -0.25) is 9.69 Å². The minimum atomic E-state index is -0.266. The number of carbonyl (C=O) groups is 1. The van der Waals surface area contributed by atoms with Gasteiger partial charge in [0.15, 0.2) is 0 Å². The zero-order valence-electron chi connectivity index (χ0n) is 14.4. The topological polar surface area (TPSA) is 41.6 Å². The largest absolute Gasteiger partial charge is 0.378 e. The quantitative estimate of drug-likeness (QED) is 0.906. The average molecular weight is 322 g/mol. The average Bonchev–Trinajstić information content (AvgIpc) is 2.48. The maximum Gasteiger partial charge on any atom is 0.234 e. The highest BCUT2D eigenvalue weighted by atomic mass is 19.1. The van der Waals surface area contributed by atoms with Gasteiger partial charge in [-0.1, -0.05) is 26.0 Å². The molecule has 128 valence electrons. The normalized spacial score (nSPS) is 19.6. The van der Waals surface area contributed by atoms with Crippen molar-refractivity contribution in [2.45, 2.75) is 39.3 Å². The van der Waals surface area contributed by atoms with Crippen LogP contribution in [0.15, 0.2) is 24.3 Å². The van der Waals surface area contributed by atoms with Gasteiger partial charge in [-0.05, 0) is 37.5 Å². The van der Waals surface area contributed by atoms with Crippen LogP contribution in [0.5, 0.6) is 0 Å². The van der Waals surface area contributed by atoms with Crippen molar-refractivity contribution in [1.82, 2.24) is 10.2 Å². The Morgan fingerprint density at radius 3 is 2.57 bits per heavy atom. The molecule has 1 aromatic rings. The van der Waals surface area contributed by atoms with Gasteiger partial charge in [-0.25, -0.2) is 4.39 Å². The highest BCUT2D eigenvalue weighted by Gasteiger charge is 2.32. The Morgan fingerprint density at radius 2 is 2.00 bits per heavy atom. The van der Waals surface area contributed by atoms with Crippen molar-refractivity contribution in [1.29, 1.82) is 0 Å². The van der Waals surface area contributed by atoms with Gasteiger partial charge in [-0.15, -0.1) is 0 Å². The fourth-order valence-electron chi connectivity index (χ4n) is 2.88. The van der Waals surface area contributed by atoms with Crippen LogP contribution in [0, 0.1) is 11.7 Å². The monoisotopic (exact) mass is 322 g/mol. The Kier molecular flexibility index (Phi) is 5.76. The van der Waals surface area contributed by atoms with Crippen molar-refractivity contribution in [3.8, 4) is 0 Å². The van der Waals surface area contributed by atoms with Crippen molar-refractivity contribution in [2.24, 2.45) is 5.92 Å². The summed E-state index contributed by atoms with van der Waals surface area (Å²) in [6, 6.07) is 6.22. The summed E-state index contributed by atoms with van der Waals surface area (Å²) in [5, 5.41) is 3.09. The van der Waals surface area contributed by atoms with Crippen LogP contribution in [0.1, 0.15) is 39.3 Å². The first-order valence-electron chi connectivity index (χ1n) is 8.17. The lowest BCUT2D eigenvalue weighted by atomic mass is 9.96. The zero-order chi connectivity index (χ0) is 17.0. The molecule has 0 aromatic heterocycles. The molecule has 1 unspecified atom stereocenters. The van der Waals surface area contributed by atoms with E-state index >= 15 is 0 Å². The van der Waals surface area contributed by atoms with E-state index in [1.54, 1.807) is 12.1 Å². The Bertz CT molecular complexity index is 528. The SMILES string of the molecule is CC(C)C(NC(=O)CN1CCOCC1(C)C)c1ccc(F)cc1. The molecule has 1 fully saturated rings.